The molecular weight excluding hydrogens is 538 g/mol. The van der Waals surface area contributed by atoms with Gasteiger partial charge in [-0.2, -0.15) is 0 Å². The molecule has 1 amide bonds. The minimum absolute atomic E-state index is 0.0449. The highest BCUT2D eigenvalue weighted by Gasteiger charge is 2.63. The Morgan fingerprint density at radius 1 is 1.02 bits per heavy atom. The minimum Gasteiger partial charge on any atom is -0.510 e. The molecule has 3 unspecified atom stereocenters. The van der Waals surface area contributed by atoms with Crippen LogP contribution in [0, 0.1) is 23.2 Å². The monoisotopic (exact) mass is 581 g/mol. The normalized spacial score (nSPS) is 26.8. The number of rotatable bonds is 7. The van der Waals surface area contributed by atoms with Gasteiger partial charge in [-0.25, -0.2) is 0 Å². The first-order valence-electron chi connectivity index (χ1n) is 15.3. The van der Waals surface area contributed by atoms with Crippen molar-refractivity contribution in [3.8, 4) is 0 Å². The quantitative estimate of drug-likeness (QED) is 0.268. The molecule has 3 aliphatic rings. The molecule has 0 fully saturated rings. The molecule has 6 nitrogen and oxygen atoms in total. The van der Waals surface area contributed by atoms with Crippen LogP contribution in [-0.4, -0.2) is 28.4 Å². The standard InChI is InChI=1S/C37H43NO5/c1-20(2)25-16-24(14-11-15-27(39)23-12-9-8-10-13-23)21(3)29-26(25)17-35(5)19-36(6)18-28(40)30(34(38)43)33(42)37(36,7)22(4)31(35)32(29)41/h8-10,12-13,16,20,42H,11,14-15,17-19H2,1-7H3,(H2,38,43). The summed E-state index contributed by atoms with van der Waals surface area (Å²) in [4.78, 5) is 52.8. The minimum atomic E-state index is -1.09. The summed E-state index contributed by atoms with van der Waals surface area (Å²) in [5.74, 6) is -1.45. The average molecular weight is 582 g/mol. The number of nitrogens with two attached hydrogens (primary N) is 1. The van der Waals surface area contributed by atoms with E-state index in [9.17, 15) is 24.3 Å². The summed E-state index contributed by atoms with van der Waals surface area (Å²) in [6.07, 6.45) is 3.02. The smallest absolute Gasteiger partial charge is 0.255 e. The molecule has 0 bridgehead atoms. The lowest BCUT2D eigenvalue weighted by Gasteiger charge is -2.59. The zero-order valence-corrected chi connectivity index (χ0v) is 26.4. The number of hydrogen-bond donors (Lipinski definition) is 2. The number of hydrogen-bond acceptors (Lipinski definition) is 5. The Morgan fingerprint density at radius 3 is 2.28 bits per heavy atom. The maximum absolute atomic E-state index is 14.7. The van der Waals surface area contributed by atoms with E-state index in [2.05, 4.69) is 26.8 Å². The van der Waals surface area contributed by atoms with E-state index >= 15 is 0 Å². The van der Waals surface area contributed by atoms with Gasteiger partial charge in [0.25, 0.3) is 5.91 Å². The molecule has 6 heteroatoms. The summed E-state index contributed by atoms with van der Waals surface area (Å²) in [5, 5.41) is 11.5. The SMILES string of the molecule is CC1=C2C(=O)c3c(C)c(CCCC(=O)c4ccccc4)cc(C(C)C)c3CC2(C)CC2(C)CC(=O)C(C(N)=O)=C(O)C12C. The maximum atomic E-state index is 14.7. The van der Waals surface area contributed by atoms with Crippen LogP contribution < -0.4 is 5.73 Å². The van der Waals surface area contributed by atoms with E-state index in [4.69, 9.17) is 5.73 Å². The molecule has 3 N–H and O–H groups in total. The fourth-order valence-corrected chi connectivity index (χ4v) is 8.57. The number of amides is 1. The molecule has 3 atom stereocenters. The summed E-state index contributed by atoms with van der Waals surface area (Å²) in [7, 11) is 0. The first-order chi connectivity index (χ1) is 20.1. The first kappa shape index (κ1) is 30.7. The van der Waals surface area contributed by atoms with Crippen LogP contribution in [0.3, 0.4) is 0 Å². The number of fused-ring (bicyclic) bond motifs is 3. The van der Waals surface area contributed by atoms with Crippen LogP contribution in [0.4, 0.5) is 0 Å². The second-order valence-electron chi connectivity index (χ2n) is 14.0. The van der Waals surface area contributed by atoms with Crippen LogP contribution in [0.2, 0.25) is 0 Å². The molecule has 0 aromatic heterocycles. The molecule has 0 saturated heterocycles. The third-order valence-corrected chi connectivity index (χ3v) is 10.9. The van der Waals surface area contributed by atoms with Crippen LogP contribution in [0.15, 0.2) is 58.9 Å². The topological polar surface area (TPSA) is 115 Å². The molecule has 226 valence electrons. The highest BCUT2D eigenvalue weighted by Crippen LogP contribution is 2.67. The number of benzene rings is 2. The molecule has 0 heterocycles. The van der Waals surface area contributed by atoms with Gasteiger partial charge in [0.2, 0.25) is 0 Å². The van der Waals surface area contributed by atoms with Gasteiger partial charge in [0, 0.05) is 35.0 Å². The van der Waals surface area contributed by atoms with Gasteiger partial charge < -0.3 is 10.8 Å². The number of allylic oxidation sites excluding steroid dienone is 2. The number of carbonyl (C=O) groups is 4. The van der Waals surface area contributed by atoms with Crippen LogP contribution in [0.1, 0.15) is 116 Å². The van der Waals surface area contributed by atoms with E-state index in [-0.39, 0.29) is 35.2 Å². The highest BCUT2D eigenvalue weighted by molar-refractivity contribution is 6.20. The predicted octanol–water partition coefficient (Wildman–Crippen LogP) is 7.07. The number of ketones is 3. The summed E-state index contributed by atoms with van der Waals surface area (Å²) < 4.78 is 0. The van der Waals surface area contributed by atoms with Crippen molar-refractivity contribution in [2.75, 3.05) is 0 Å². The molecule has 0 aliphatic heterocycles. The Morgan fingerprint density at radius 2 is 1.67 bits per heavy atom. The predicted molar refractivity (Wildman–Crippen MR) is 167 cm³/mol. The van der Waals surface area contributed by atoms with E-state index in [1.165, 1.54) is 0 Å². The Balaban J connectivity index is 1.61. The lowest BCUT2D eigenvalue weighted by Crippen LogP contribution is -2.56. The Labute approximate surface area is 254 Å². The molecule has 0 saturated carbocycles. The van der Waals surface area contributed by atoms with Gasteiger partial charge in [0.15, 0.2) is 17.3 Å². The van der Waals surface area contributed by atoms with Gasteiger partial charge in [-0.15, -0.1) is 0 Å². The molecule has 0 spiro atoms. The summed E-state index contributed by atoms with van der Waals surface area (Å²) >= 11 is 0. The van der Waals surface area contributed by atoms with Crippen molar-refractivity contribution in [2.24, 2.45) is 22.0 Å². The molecule has 5 rings (SSSR count). The van der Waals surface area contributed by atoms with Crippen molar-refractivity contribution >= 4 is 23.3 Å². The summed E-state index contributed by atoms with van der Waals surface area (Å²) in [6, 6.07) is 11.6. The van der Waals surface area contributed by atoms with Gasteiger partial charge >= 0.3 is 0 Å². The van der Waals surface area contributed by atoms with Gasteiger partial charge in [0.1, 0.15) is 11.3 Å². The largest absolute Gasteiger partial charge is 0.510 e. The van der Waals surface area contributed by atoms with E-state index in [1.807, 2.05) is 58.0 Å². The molecule has 2 aromatic carbocycles. The number of carbonyl (C=O) groups excluding carboxylic acids is 4. The van der Waals surface area contributed by atoms with E-state index in [1.54, 1.807) is 0 Å². The van der Waals surface area contributed by atoms with Crippen molar-refractivity contribution < 1.29 is 24.3 Å². The van der Waals surface area contributed by atoms with Crippen LogP contribution in [0.25, 0.3) is 0 Å². The van der Waals surface area contributed by atoms with Crippen LogP contribution in [-0.2, 0) is 22.4 Å². The molecule has 0 radical (unpaired) electrons. The molecule has 43 heavy (non-hydrogen) atoms. The molecule has 3 aliphatic carbocycles. The van der Waals surface area contributed by atoms with E-state index < -0.39 is 27.9 Å². The summed E-state index contributed by atoms with van der Waals surface area (Å²) in [5.41, 5.74) is 9.90. The van der Waals surface area contributed by atoms with Crippen molar-refractivity contribution in [3.05, 3.63) is 92.3 Å². The van der Waals surface area contributed by atoms with Gasteiger partial charge in [0.05, 0.1) is 5.41 Å². The summed E-state index contributed by atoms with van der Waals surface area (Å²) in [6.45, 7) is 14.1. The van der Waals surface area contributed by atoms with Gasteiger partial charge in [-0.1, -0.05) is 69.7 Å². The van der Waals surface area contributed by atoms with Gasteiger partial charge in [-0.3, -0.25) is 19.2 Å². The highest BCUT2D eigenvalue weighted by atomic mass is 16.3. The van der Waals surface area contributed by atoms with Crippen molar-refractivity contribution in [3.63, 3.8) is 0 Å². The number of primary amides is 1. The third kappa shape index (κ3) is 4.52. The molecule has 2 aromatic rings. The Hall–Kier alpha value is -3.80. The lowest BCUT2D eigenvalue weighted by molar-refractivity contribution is -0.127. The average Bonchev–Trinajstić information content (AvgIpc) is 2.91. The fraction of sp³-hybridized carbons (Fsp3) is 0.459. The van der Waals surface area contributed by atoms with E-state index in [0.29, 0.717) is 48.8 Å². The van der Waals surface area contributed by atoms with Crippen molar-refractivity contribution in [1.82, 2.24) is 0 Å². The molecular formula is C37H43NO5. The van der Waals surface area contributed by atoms with Crippen molar-refractivity contribution in [1.29, 1.82) is 0 Å². The van der Waals surface area contributed by atoms with Crippen LogP contribution >= 0.6 is 0 Å². The number of aryl methyl sites for hydroxylation is 1. The zero-order valence-electron chi connectivity index (χ0n) is 26.4. The lowest BCUT2D eigenvalue weighted by atomic mass is 9.43. The Kier molecular flexibility index (Phi) is 7.43. The number of aliphatic hydroxyl groups excluding tert-OH is 1. The number of Topliss-reactive ketones (excluding diaryl/α,β-unsaturated/α-hetero) is 3. The van der Waals surface area contributed by atoms with E-state index in [0.717, 1.165) is 27.8 Å². The van der Waals surface area contributed by atoms with Crippen LogP contribution in [0.5, 0.6) is 0 Å². The maximum Gasteiger partial charge on any atom is 0.255 e. The third-order valence-electron chi connectivity index (χ3n) is 10.9. The second-order valence-corrected chi connectivity index (χ2v) is 14.0. The number of aliphatic hydroxyl groups is 1. The van der Waals surface area contributed by atoms with Crippen molar-refractivity contribution in [2.45, 2.75) is 92.9 Å². The van der Waals surface area contributed by atoms with Gasteiger partial charge in [-0.05, 0) is 80.0 Å². The fourth-order valence-electron chi connectivity index (χ4n) is 8.57. The first-order valence-corrected chi connectivity index (χ1v) is 15.3. The Bertz CT molecular complexity index is 1640. The zero-order chi connectivity index (χ0) is 31.6. The second kappa shape index (κ2) is 10.4.